The molecule has 0 aromatic rings. The van der Waals surface area contributed by atoms with Crippen molar-refractivity contribution in [3.8, 4) is 0 Å². The lowest BCUT2D eigenvalue weighted by Crippen LogP contribution is -2.39. The van der Waals surface area contributed by atoms with E-state index in [1.54, 1.807) is 7.11 Å². The highest BCUT2D eigenvalue weighted by Crippen LogP contribution is 1.98. The summed E-state index contributed by atoms with van der Waals surface area (Å²) < 4.78 is 10.5. The molecule has 0 radical (unpaired) electrons. The molecule has 0 saturated heterocycles. The number of hydrogen-bond acceptors (Lipinski definition) is 4. The summed E-state index contributed by atoms with van der Waals surface area (Å²) in [6.45, 7) is 6.69. The van der Waals surface area contributed by atoms with E-state index in [0.29, 0.717) is 25.8 Å². The molecule has 0 heterocycles. The number of aliphatic hydroxyl groups is 1. The van der Waals surface area contributed by atoms with Crippen molar-refractivity contribution in [2.45, 2.75) is 51.7 Å². The summed E-state index contributed by atoms with van der Waals surface area (Å²) in [5.41, 5.74) is 0. The Labute approximate surface area is 106 Å². The first-order chi connectivity index (χ1) is 8.24. The van der Waals surface area contributed by atoms with Crippen LogP contribution >= 0.6 is 0 Å². The summed E-state index contributed by atoms with van der Waals surface area (Å²) in [5.74, 6) is 0. The van der Waals surface area contributed by atoms with Crippen molar-refractivity contribution in [1.29, 1.82) is 0 Å². The molecule has 0 rings (SSSR count). The van der Waals surface area contributed by atoms with E-state index < -0.39 is 6.10 Å². The zero-order valence-corrected chi connectivity index (χ0v) is 11.6. The zero-order valence-electron chi connectivity index (χ0n) is 11.6. The fraction of sp³-hybridized carbons (Fsp3) is 1.00. The van der Waals surface area contributed by atoms with Crippen LogP contribution in [0.25, 0.3) is 0 Å². The standard InChI is InChI=1S/C13H29NO3/c1-4-6-8-17-11-13(15)9-14-12(7-5-2)10-16-3/h12-15H,4-11H2,1-3H3. The Morgan fingerprint density at radius 2 is 1.94 bits per heavy atom. The van der Waals surface area contributed by atoms with E-state index in [-0.39, 0.29) is 0 Å². The van der Waals surface area contributed by atoms with Gasteiger partial charge in [-0.3, -0.25) is 0 Å². The van der Waals surface area contributed by atoms with Crippen molar-refractivity contribution in [1.82, 2.24) is 5.32 Å². The lowest BCUT2D eigenvalue weighted by molar-refractivity contribution is 0.0324. The van der Waals surface area contributed by atoms with E-state index in [2.05, 4.69) is 19.2 Å². The Morgan fingerprint density at radius 1 is 1.18 bits per heavy atom. The van der Waals surface area contributed by atoms with E-state index in [4.69, 9.17) is 9.47 Å². The Hall–Kier alpha value is -0.160. The fourth-order valence-corrected chi connectivity index (χ4v) is 1.62. The molecule has 2 N–H and O–H groups in total. The van der Waals surface area contributed by atoms with Gasteiger partial charge in [-0.2, -0.15) is 0 Å². The molecular weight excluding hydrogens is 218 g/mol. The van der Waals surface area contributed by atoms with Crippen molar-refractivity contribution >= 4 is 0 Å². The molecule has 0 aliphatic heterocycles. The van der Waals surface area contributed by atoms with Gasteiger partial charge in [0.25, 0.3) is 0 Å². The van der Waals surface area contributed by atoms with Crippen LogP contribution in [-0.4, -0.2) is 50.7 Å². The summed E-state index contributed by atoms with van der Waals surface area (Å²) in [7, 11) is 1.70. The van der Waals surface area contributed by atoms with Gasteiger partial charge in [-0.25, -0.2) is 0 Å². The zero-order chi connectivity index (χ0) is 12.9. The number of rotatable bonds is 12. The quantitative estimate of drug-likeness (QED) is 0.514. The second-order valence-corrected chi connectivity index (χ2v) is 4.43. The molecule has 4 heteroatoms. The molecule has 0 amide bonds. The summed E-state index contributed by atoms with van der Waals surface area (Å²) >= 11 is 0. The lowest BCUT2D eigenvalue weighted by atomic mass is 10.2. The van der Waals surface area contributed by atoms with Crippen molar-refractivity contribution in [3.63, 3.8) is 0 Å². The van der Waals surface area contributed by atoms with Gasteiger partial charge in [-0.05, 0) is 12.8 Å². The first kappa shape index (κ1) is 16.8. The van der Waals surface area contributed by atoms with Gasteiger partial charge in [0, 0.05) is 26.3 Å². The minimum absolute atomic E-state index is 0.329. The highest BCUT2D eigenvalue weighted by Gasteiger charge is 2.10. The van der Waals surface area contributed by atoms with Crippen LogP contribution in [0.1, 0.15) is 39.5 Å². The van der Waals surface area contributed by atoms with Gasteiger partial charge in [-0.15, -0.1) is 0 Å². The second-order valence-electron chi connectivity index (χ2n) is 4.43. The van der Waals surface area contributed by atoms with Crippen molar-refractivity contribution in [2.24, 2.45) is 0 Å². The number of aliphatic hydroxyl groups excluding tert-OH is 1. The topological polar surface area (TPSA) is 50.7 Å². The smallest absolute Gasteiger partial charge is 0.0897 e. The van der Waals surface area contributed by atoms with Gasteiger partial charge >= 0.3 is 0 Å². The molecule has 4 nitrogen and oxygen atoms in total. The number of hydrogen-bond donors (Lipinski definition) is 2. The summed E-state index contributed by atoms with van der Waals surface area (Å²) in [6.07, 6.45) is 3.94. The third-order valence-electron chi connectivity index (χ3n) is 2.60. The normalized spacial score (nSPS) is 14.8. The third-order valence-corrected chi connectivity index (χ3v) is 2.60. The molecule has 0 fully saturated rings. The van der Waals surface area contributed by atoms with Crippen LogP contribution in [0.15, 0.2) is 0 Å². The molecule has 0 saturated carbocycles. The largest absolute Gasteiger partial charge is 0.389 e. The van der Waals surface area contributed by atoms with Crippen molar-refractivity contribution in [3.05, 3.63) is 0 Å². The van der Waals surface area contributed by atoms with Gasteiger partial charge in [0.1, 0.15) is 0 Å². The van der Waals surface area contributed by atoms with E-state index in [9.17, 15) is 5.11 Å². The molecule has 2 atom stereocenters. The van der Waals surface area contributed by atoms with Crippen LogP contribution in [0.2, 0.25) is 0 Å². The molecule has 0 aliphatic carbocycles. The lowest BCUT2D eigenvalue weighted by Gasteiger charge is -2.19. The minimum Gasteiger partial charge on any atom is -0.389 e. The molecule has 0 aliphatic rings. The number of methoxy groups -OCH3 is 1. The highest BCUT2D eigenvalue weighted by atomic mass is 16.5. The monoisotopic (exact) mass is 247 g/mol. The first-order valence-corrected chi connectivity index (χ1v) is 6.72. The van der Waals surface area contributed by atoms with Crippen molar-refractivity contribution in [2.75, 3.05) is 33.5 Å². The van der Waals surface area contributed by atoms with Crippen LogP contribution < -0.4 is 5.32 Å². The van der Waals surface area contributed by atoms with E-state index in [1.807, 2.05) is 0 Å². The van der Waals surface area contributed by atoms with Crippen LogP contribution in [0, 0.1) is 0 Å². The average molecular weight is 247 g/mol. The predicted molar refractivity (Wildman–Crippen MR) is 70.3 cm³/mol. The Morgan fingerprint density at radius 3 is 2.53 bits per heavy atom. The van der Waals surface area contributed by atoms with E-state index in [1.165, 1.54) is 0 Å². The summed E-state index contributed by atoms with van der Waals surface area (Å²) in [6, 6.07) is 0.329. The maximum Gasteiger partial charge on any atom is 0.0897 e. The highest BCUT2D eigenvalue weighted by molar-refractivity contribution is 4.68. The number of nitrogens with one attached hydrogen (secondary N) is 1. The maximum absolute atomic E-state index is 9.71. The van der Waals surface area contributed by atoms with Crippen LogP contribution in [0.4, 0.5) is 0 Å². The SMILES string of the molecule is CCCCOCC(O)CNC(CCC)COC. The Bertz CT molecular complexity index is 150. The average Bonchev–Trinajstić information content (AvgIpc) is 2.32. The Balaban J connectivity index is 3.53. The molecular formula is C13H29NO3. The van der Waals surface area contributed by atoms with E-state index >= 15 is 0 Å². The maximum atomic E-state index is 9.71. The van der Waals surface area contributed by atoms with Crippen LogP contribution in [-0.2, 0) is 9.47 Å². The number of unbranched alkanes of at least 4 members (excludes halogenated alkanes) is 1. The molecule has 0 aromatic carbocycles. The molecule has 17 heavy (non-hydrogen) atoms. The molecule has 0 spiro atoms. The van der Waals surface area contributed by atoms with Crippen LogP contribution in [0.3, 0.4) is 0 Å². The second kappa shape index (κ2) is 12.3. The van der Waals surface area contributed by atoms with Gasteiger partial charge < -0.3 is 19.9 Å². The Kier molecular flexibility index (Phi) is 12.2. The fourth-order valence-electron chi connectivity index (χ4n) is 1.62. The number of ether oxygens (including phenoxy) is 2. The van der Waals surface area contributed by atoms with E-state index in [0.717, 1.165) is 32.3 Å². The van der Waals surface area contributed by atoms with Crippen LogP contribution in [0.5, 0.6) is 0 Å². The van der Waals surface area contributed by atoms with Gasteiger partial charge in [0.05, 0.1) is 19.3 Å². The van der Waals surface area contributed by atoms with Gasteiger partial charge in [0.2, 0.25) is 0 Å². The summed E-state index contributed by atoms with van der Waals surface area (Å²) in [4.78, 5) is 0. The third kappa shape index (κ3) is 10.7. The van der Waals surface area contributed by atoms with Gasteiger partial charge in [-0.1, -0.05) is 26.7 Å². The molecule has 0 bridgehead atoms. The summed E-state index contributed by atoms with van der Waals surface area (Å²) in [5, 5.41) is 13.0. The minimum atomic E-state index is -0.428. The first-order valence-electron chi connectivity index (χ1n) is 6.72. The molecule has 0 aromatic heterocycles. The molecule has 104 valence electrons. The predicted octanol–water partition coefficient (Wildman–Crippen LogP) is 1.57. The molecule has 2 unspecified atom stereocenters. The van der Waals surface area contributed by atoms with Crippen molar-refractivity contribution < 1.29 is 14.6 Å². The van der Waals surface area contributed by atoms with Gasteiger partial charge in [0.15, 0.2) is 0 Å².